The Balaban J connectivity index is 2.31. The molecular weight excluding hydrogens is 251 g/mol. The molecule has 0 radical (unpaired) electrons. The van der Waals surface area contributed by atoms with E-state index in [1.54, 1.807) is 13.0 Å². The minimum Gasteiger partial charge on any atom is -0.461 e. The number of halogens is 1. The molecule has 0 atom stereocenters. The van der Waals surface area contributed by atoms with Crippen molar-refractivity contribution < 1.29 is 18.3 Å². The summed E-state index contributed by atoms with van der Waals surface area (Å²) in [6.45, 7) is 1.90. The van der Waals surface area contributed by atoms with Gasteiger partial charge in [0, 0.05) is 5.56 Å². The molecule has 2 aromatic rings. The van der Waals surface area contributed by atoms with Crippen LogP contribution in [0.1, 0.15) is 23.0 Å². The summed E-state index contributed by atoms with van der Waals surface area (Å²) >= 11 is 0. The molecule has 0 aliphatic carbocycles. The van der Waals surface area contributed by atoms with Crippen molar-refractivity contribution in [2.24, 2.45) is 0 Å². The van der Waals surface area contributed by atoms with E-state index in [0.29, 0.717) is 5.56 Å². The van der Waals surface area contributed by atoms with Crippen molar-refractivity contribution in [1.82, 2.24) is 4.98 Å². The van der Waals surface area contributed by atoms with E-state index in [2.05, 4.69) is 4.98 Å². The minimum absolute atomic E-state index is 0.0154. The van der Waals surface area contributed by atoms with Crippen molar-refractivity contribution in [1.29, 1.82) is 5.26 Å². The van der Waals surface area contributed by atoms with Crippen molar-refractivity contribution in [3.05, 3.63) is 41.5 Å². The maximum atomic E-state index is 13.4. The molecule has 6 heteroatoms. The van der Waals surface area contributed by atoms with Crippen molar-refractivity contribution in [2.75, 3.05) is 6.61 Å². The van der Waals surface area contributed by atoms with E-state index in [-0.39, 0.29) is 23.8 Å². The van der Waals surface area contributed by atoms with Crippen LogP contribution in [0, 0.1) is 17.1 Å². The first-order valence-electron chi connectivity index (χ1n) is 5.48. The molecule has 0 aliphatic heterocycles. The third kappa shape index (κ3) is 2.60. The van der Waals surface area contributed by atoms with Crippen LogP contribution in [-0.2, 0) is 4.74 Å². The summed E-state index contributed by atoms with van der Waals surface area (Å²) < 4.78 is 23.3. The van der Waals surface area contributed by atoms with E-state index >= 15 is 0 Å². The van der Waals surface area contributed by atoms with Crippen molar-refractivity contribution in [3.8, 4) is 17.5 Å². The molecule has 2 rings (SSSR count). The van der Waals surface area contributed by atoms with Crippen LogP contribution in [0.5, 0.6) is 0 Å². The molecule has 0 bridgehead atoms. The van der Waals surface area contributed by atoms with E-state index in [9.17, 15) is 9.18 Å². The Labute approximate surface area is 108 Å². The highest BCUT2D eigenvalue weighted by molar-refractivity contribution is 5.87. The Kier molecular flexibility index (Phi) is 3.57. The summed E-state index contributed by atoms with van der Waals surface area (Å²) in [6, 6.07) is 5.65. The number of rotatable bonds is 3. The van der Waals surface area contributed by atoms with Gasteiger partial charge in [0.15, 0.2) is 5.69 Å². The quantitative estimate of drug-likeness (QED) is 0.792. The van der Waals surface area contributed by atoms with Crippen LogP contribution in [0.2, 0.25) is 0 Å². The lowest BCUT2D eigenvalue weighted by Crippen LogP contribution is -2.04. The summed E-state index contributed by atoms with van der Waals surface area (Å²) in [5.41, 5.74) is 0.287. The van der Waals surface area contributed by atoms with Gasteiger partial charge < -0.3 is 9.15 Å². The van der Waals surface area contributed by atoms with Gasteiger partial charge in [0.1, 0.15) is 18.1 Å². The third-order valence-electron chi connectivity index (χ3n) is 2.33. The van der Waals surface area contributed by atoms with Gasteiger partial charge in [-0.3, -0.25) is 0 Å². The SMILES string of the molecule is CCOC(=O)c1coc(-c2ccc(C#N)c(F)c2)n1. The summed E-state index contributed by atoms with van der Waals surface area (Å²) in [7, 11) is 0. The highest BCUT2D eigenvalue weighted by atomic mass is 19.1. The molecule has 1 heterocycles. The maximum absolute atomic E-state index is 13.4. The number of nitrogens with zero attached hydrogens (tertiary/aromatic N) is 2. The summed E-state index contributed by atoms with van der Waals surface area (Å²) in [5, 5.41) is 8.63. The van der Waals surface area contributed by atoms with E-state index < -0.39 is 11.8 Å². The lowest BCUT2D eigenvalue weighted by molar-refractivity contribution is 0.0519. The number of hydrogen-bond acceptors (Lipinski definition) is 5. The number of ether oxygens (including phenoxy) is 1. The Bertz CT molecular complexity index is 658. The number of esters is 1. The van der Waals surface area contributed by atoms with E-state index in [4.69, 9.17) is 14.4 Å². The van der Waals surface area contributed by atoms with E-state index in [0.717, 1.165) is 12.3 Å². The van der Waals surface area contributed by atoms with Crippen LogP contribution in [0.15, 0.2) is 28.9 Å². The van der Waals surface area contributed by atoms with E-state index in [1.165, 1.54) is 12.1 Å². The second-order valence-electron chi connectivity index (χ2n) is 3.56. The lowest BCUT2D eigenvalue weighted by atomic mass is 10.1. The number of aromatic nitrogens is 1. The second-order valence-corrected chi connectivity index (χ2v) is 3.56. The van der Waals surface area contributed by atoms with Crippen LogP contribution < -0.4 is 0 Å². The zero-order valence-corrected chi connectivity index (χ0v) is 10.0. The molecule has 5 nitrogen and oxygen atoms in total. The molecule has 0 saturated carbocycles. The average molecular weight is 260 g/mol. The molecular formula is C13H9FN2O3. The normalized spacial score (nSPS) is 9.95. The van der Waals surface area contributed by atoms with Crippen LogP contribution in [0.3, 0.4) is 0 Å². The molecule has 1 aromatic carbocycles. The fourth-order valence-corrected chi connectivity index (χ4v) is 1.44. The molecule has 0 N–H and O–H groups in total. The van der Waals surface area contributed by atoms with Gasteiger partial charge in [0.25, 0.3) is 0 Å². The first-order chi connectivity index (χ1) is 9.15. The first-order valence-corrected chi connectivity index (χ1v) is 5.48. The summed E-state index contributed by atoms with van der Waals surface area (Å²) in [5.74, 6) is -1.19. The Morgan fingerprint density at radius 3 is 3.00 bits per heavy atom. The van der Waals surface area contributed by atoms with Crippen LogP contribution >= 0.6 is 0 Å². The Hall–Kier alpha value is -2.68. The zero-order valence-electron chi connectivity index (χ0n) is 10.0. The van der Waals surface area contributed by atoms with Gasteiger partial charge in [-0.15, -0.1) is 0 Å². The predicted octanol–water partition coefficient (Wildman–Crippen LogP) is 2.53. The number of carbonyl (C=O) groups excluding carboxylic acids is 1. The first kappa shape index (κ1) is 12.8. The minimum atomic E-state index is -0.670. The van der Waals surface area contributed by atoms with Gasteiger partial charge in [0.2, 0.25) is 5.89 Å². The number of oxazole rings is 1. The monoisotopic (exact) mass is 260 g/mol. The second kappa shape index (κ2) is 5.31. The molecule has 0 amide bonds. The number of nitriles is 1. The molecule has 0 spiro atoms. The average Bonchev–Trinajstić information content (AvgIpc) is 2.88. The Morgan fingerprint density at radius 1 is 1.58 bits per heavy atom. The number of benzene rings is 1. The van der Waals surface area contributed by atoms with Gasteiger partial charge in [0.05, 0.1) is 12.2 Å². The topological polar surface area (TPSA) is 76.1 Å². The lowest BCUT2D eigenvalue weighted by Gasteiger charge is -1.97. The van der Waals surface area contributed by atoms with Gasteiger partial charge in [-0.05, 0) is 25.1 Å². The van der Waals surface area contributed by atoms with Crippen molar-refractivity contribution in [2.45, 2.75) is 6.92 Å². The van der Waals surface area contributed by atoms with E-state index in [1.807, 2.05) is 0 Å². The molecule has 0 aliphatic rings. The highest BCUT2D eigenvalue weighted by Crippen LogP contribution is 2.21. The van der Waals surface area contributed by atoms with Gasteiger partial charge in [-0.25, -0.2) is 14.2 Å². The zero-order chi connectivity index (χ0) is 13.8. The molecule has 96 valence electrons. The highest BCUT2D eigenvalue weighted by Gasteiger charge is 2.15. The number of hydrogen-bond donors (Lipinski definition) is 0. The largest absolute Gasteiger partial charge is 0.461 e. The maximum Gasteiger partial charge on any atom is 0.360 e. The van der Waals surface area contributed by atoms with Gasteiger partial charge in [-0.1, -0.05) is 0 Å². The Morgan fingerprint density at radius 2 is 2.37 bits per heavy atom. The van der Waals surface area contributed by atoms with Crippen LogP contribution in [0.4, 0.5) is 4.39 Å². The third-order valence-corrected chi connectivity index (χ3v) is 2.33. The van der Waals surface area contributed by atoms with Crippen molar-refractivity contribution in [3.63, 3.8) is 0 Å². The molecule has 1 aromatic heterocycles. The molecule has 0 fully saturated rings. The molecule has 19 heavy (non-hydrogen) atoms. The number of carbonyl (C=O) groups is 1. The molecule has 0 unspecified atom stereocenters. The van der Waals surface area contributed by atoms with Crippen molar-refractivity contribution >= 4 is 5.97 Å². The van der Waals surface area contributed by atoms with Gasteiger partial charge >= 0.3 is 5.97 Å². The molecule has 0 saturated heterocycles. The summed E-state index contributed by atoms with van der Waals surface area (Å²) in [6.07, 6.45) is 1.14. The smallest absolute Gasteiger partial charge is 0.360 e. The van der Waals surface area contributed by atoms with Gasteiger partial charge in [-0.2, -0.15) is 5.26 Å². The predicted molar refractivity (Wildman–Crippen MR) is 62.6 cm³/mol. The standard InChI is InChI=1S/C13H9FN2O3/c1-2-18-13(17)11-7-19-12(16-11)8-3-4-9(6-15)10(14)5-8/h3-5,7H,2H2,1H3. The summed E-state index contributed by atoms with van der Waals surface area (Å²) in [4.78, 5) is 15.3. The van der Waals surface area contributed by atoms with Crippen LogP contribution in [-0.4, -0.2) is 17.6 Å². The fraction of sp³-hybridized carbons (Fsp3) is 0.154. The van der Waals surface area contributed by atoms with Crippen LogP contribution in [0.25, 0.3) is 11.5 Å². The fourth-order valence-electron chi connectivity index (χ4n) is 1.44.